The summed E-state index contributed by atoms with van der Waals surface area (Å²) in [5.41, 5.74) is 3.52. The van der Waals surface area contributed by atoms with Crippen molar-refractivity contribution in [2.45, 2.75) is 9.79 Å². The lowest BCUT2D eigenvalue weighted by molar-refractivity contribution is -0.121. The van der Waals surface area contributed by atoms with Crippen molar-refractivity contribution in [3.05, 3.63) is 83.6 Å². The molecule has 49 heavy (non-hydrogen) atoms. The van der Waals surface area contributed by atoms with Crippen LogP contribution in [0.25, 0.3) is 10.9 Å². The van der Waals surface area contributed by atoms with E-state index in [4.69, 9.17) is 28.4 Å². The van der Waals surface area contributed by atoms with E-state index >= 15 is 0 Å². The van der Waals surface area contributed by atoms with Crippen LogP contribution in [0.5, 0.6) is 0 Å². The number of nitrogens with one attached hydrogen (secondary N) is 3. The van der Waals surface area contributed by atoms with E-state index in [2.05, 4.69) is 32.7 Å². The molecule has 1 aromatic heterocycles. The molecule has 0 unspecified atom stereocenters. The highest BCUT2D eigenvalue weighted by Gasteiger charge is 2.12. The largest absolute Gasteiger partial charge is 0.382 e. The molecule has 3 aromatic carbocycles. The van der Waals surface area contributed by atoms with Crippen LogP contribution in [-0.2, 0) is 33.2 Å². The van der Waals surface area contributed by atoms with Gasteiger partial charge in [0.25, 0.3) is 5.91 Å². The van der Waals surface area contributed by atoms with Crippen molar-refractivity contribution in [3.63, 3.8) is 0 Å². The second-order valence-corrected chi connectivity index (χ2v) is 11.4. The third-order valence-electron chi connectivity index (χ3n) is 6.77. The summed E-state index contributed by atoms with van der Waals surface area (Å²) in [5.74, 6) is 5.87. The number of benzene rings is 3. The second-order valence-electron chi connectivity index (χ2n) is 10.3. The smallest absolute Gasteiger partial charge is 0.252 e. The summed E-state index contributed by atoms with van der Waals surface area (Å²) < 4.78 is 31.9. The number of carbonyl (C=O) groups is 2. The Hall–Kier alpha value is -4.26. The summed E-state index contributed by atoms with van der Waals surface area (Å²) in [6.45, 7) is 4.60. The van der Waals surface area contributed by atoms with Crippen LogP contribution < -0.4 is 10.6 Å². The number of ether oxygens (including phenoxy) is 6. The van der Waals surface area contributed by atoms with Crippen LogP contribution in [0, 0.1) is 11.8 Å². The molecule has 3 N–H and O–H groups in total. The number of rotatable bonds is 21. The van der Waals surface area contributed by atoms with Gasteiger partial charge in [-0.15, -0.1) is 0 Å². The van der Waals surface area contributed by atoms with Gasteiger partial charge in [-0.3, -0.25) is 14.7 Å². The number of methoxy groups -OCH3 is 1. The fourth-order valence-electron chi connectivity index (χ4n) is 4.31. The van der Waals surface area contributed by atoms with Crippen LogP contribution in [-0.4, -0.2) is 109 Å². The average molecular weight is 691 g/mol. The first-order valence-corrected chi connectivity index (χ1v) is 16.7. The van der Waals surface area contributed by atoms with Gasteiger partial charge in [-0.2, -0.15) is 5.10 Å². The molecular weight excluding hydrogens is 648 g/mol. The topological polar surface area (TPSA) is 142 Å². The number of amides is 2. The summed E-state index contributed by atoms with van der Waals surface area (Å²) in [6, 6.07) is 20.7. The maximum Gasteiger partial charge on any atom is 0.252 e. The Morgan fingerprint density at radius 2 is 1.41 bits per heavy atom. The molecule has 0 radical (unpaired) electrons. The molecule has 0 bridgehead atoms. The van der Waals surface area contributed by atoms with Crippen LogP contribution in [0.3, 0.4) is 0 Å². The van der Waals surface area contributed by atoms with Gasteiger partial charge in [0.05, 0.1) is 77.1 Å². The predicted molar refractivity (Wildman–Crippen MR) is 187 cm³/mol. The summed E-state index contributed by atoms with van der Waals surface area (Å²) in [5, 5.41) is 13.8. The first-order valence-electron chi connectivity index (χ1n) is 15.8. The fraction of sp³-hybridized carbons (Fsp3) is 0.361. The maximum atomic E-state index is 12.3. The summed E-state index contributed by atoms with van der Waals surface area (Å²) in [6.07, 6.45) is 0. The lowest BCUT2D eigenvalue weighted by Crippen LogP contribution is -2.20. The molecule has 0 aliphatic rings. The molecule has 0 saturated heterocycles. The number of aromatic nitrogens is 2. The second kappa shape index (κ2) is 21.7. The third-order valence-corrected chi connectivity index (χ3v) is 7.83. The minimum atomic E-state index is -0.260. The van der Waals surface area contributed by atoms with E-state index in [0.717, 1.165) is 26.3 Å². The summed E-state index contributed by atoms with van der Waals surface area (Å²) in [7, 11) is 3.26. The zero-order valence-corrected chi connectivity index (χ0v) is 28.6. The zero-order valence-electron chi connectivity index (χ0n) is 27.8. The molecule has 4 aromatic rings. The molecule has 1 heterocycles. The van der Waals surface area contributed by atoms with Gasteiger partial charge >= 0.3 is 0 Å². The number of H-pyrrole nitrogens is 1. The quantitative estimate of drug-likeness (QED) is 0.0863. The Labute approximate surface area is 290 Å². The first kappa shape index (κ1) is 37.6. The van der Waals surface area contributed by atoms with Crippen molar-refractivity contribution in [1.29, 1.82) is 0 Å². The minimum Gasteiger partial charge on any atom is -0.382 e. The van der Waals surface area contributed by atoms with Gasteiger partial charge < -0.3 is 39.1 Å². The highest BCUT2D eigenvalue weighted by molar-refractivity contribution is 7.99. The molecule has 4 rings (SSSR count). The molecular formula is C36H42N4O8S. The highest BCUT2D eigenvalue weighted by Crippen LogP contribution is 2.32. The lowest BCUT2D eigenvalue weighted by Gasteiger charge is -2.08. The number of aromatic amines is 1. The minimum absolute atomic E-state index is 0.0824. The van der Waals surface area contributed by atoms with Crippen LogP contribution in [0.2, 0.25) is 0 Å². The van der Waals surface area contributed by atoms with Gasteiger partial charge in [0.2, 0.25) is 5.91 Å². The number of carbonyl (C=O) groups excluding carboxylic acids is 2. The van der Waals surface area contributed by atoms with Gasteiger partial charge in [0, 0.05) is 40.6 Å². The number of hydrogen-bond acceptors (Lipinski definition) is 10. The predicted octanol–water partition coefficient (Wildman–Crippen LogP) is 4.14. The molecule has 0 aliphatic heterocycles. The van der Waals surface area contributed by atoms with Crippen molar-refractivity contribution in [2.24, 2.45) is 0 Å². The van der Waals surface area contributed by atoms with Crippen LogP contribution >= 0.6 is 11.8 Å². The van der Waals surface area contributed by atoms with Crippen molar-refractivity contribution in [3.8, 4) is 11.8 Å². The fourth-order valence-corrected chi connectivity index (χ4v) is 5.30. The van der Waals surface area contributed by atoms with Crippen molar-refractivity contribution in [1.82, 2.24) is 15.5 Å². The van der Waals surface area contributed by atoms with E-state index < -0.39 is 0 Å². The molecule has 0 saturated carbocycles. The standard InChI is InChI=1S/C36H42N4O8S/c1-37-36(42)31-5-3-4-6-34(31)49-29-12-13-30-32(39-40-33(30)25-29)14-9-27-7-10-28(11-8-27)38-35(41)26-48-24-23-47-22-21-46-20-19-45-18-17-44-16-15-43-2/h3-8,10-13,25H,15-24,26H2,1-2H3,(H,37,42)(H,38,41)(H,39,40). The van der Waals surface area contributed by atoms with Crippen molar-refractivity contribution in [2.75, 3.05) is 92.1 Å². The van der Waals surface area contributed by atoms with Gasteiger partial charge in [0.15, 0.2) is 0 Å². The van der Waals surface area contributed by atoms with Crippen LogP contribution in [0.4, 0.5) is 5.69 Å². The van der Waals surface area contributed by atoms with Crippen LogP contribution in [0.15, 0.2) is 76.5 Å². The Morgan fingerprint density at radius 1 is 0.776 bits per heavy atom. The van der Waals surface area contributed by atoms with E-state index in [1.165, 1.54) is 11.8 Å². The highest BCUT2D eigenvalue weighted by atomic mass is 32.2. The molecule has 0 spiro atoms. The first-order chi connectivity index (χ1) is 24.1. The van der Waals surface area contributed by atoms with Gasteiger partial charge in [-0.1, -0.05) is 29.8 Å². The monoisotopic (exact) mass is 690 g/mol. The van der Waals surface area contributed by atoms with E-state index in [9.17, 15) is 9.59 Å². The molecule has 0 aliphatic carbocycles. The van der Waals surface area contributed by atoms with E-state index in [1.807, 2.05) is 48.5 Å². The Bertz CT molecular complexity index is 1670. The van der Waals surface area contributed by atoms with Gasteiger partial charge in [-0.25, -0.2) is 0 Å². The number of anilines is 1. The van der Waals surface area contributed by atoms with Crippen molar-refractivity contribution >= 4 is 40.2 Å². The third kappa shape index (κ3) is 13.3. The lowest BCUT2D eigenvalue weighted by atomic mass is 10.1. The summed E-state index contributed by atoms with van der Waals surface area (Å²) in [4.78, 5) is 26.3. The molecule has 0 fully saturated rings. The Kier molecular flexibility index (Phi) is 16.6. The normalized spacial score (nSPS) is 10.9. The van der Waals surface area contributed by atoms with E-state index in [1.54, 1.807) is 32.4 Å². The van der Waals surface area contributed by atoms with Gasteiger partial charge in [-0.05, 0) is 60.5 Å². The molecule has 0 atom stereocenters. The molecule has 260 valence electrons. The number of hydrogen-bond donors (Lipinski definition) is 3. The summed E-state index contributed by atoms with van der Waals surface area (Å²) >= 11 is 1.51. The molecule has 12 nitrogen and oxygen atoms in total. The van der Waals surface area contributed by atoms with E-state index in [0.29, 0.717) is 83.0 Å². The Morgan fingerprint density at radius 3 is 2.06 bits per heavy atom. The van der Waals surface area contributed by atoms with Crippen molar-refractivity contribution < 1.29 is 38.0 Å². The maximum absolute atomic E-state index is 12.3. The average Bonchev–Trinajstić information content (AvgIpc) is 3.53. The molecule has 13 heteroatoms. The SMILES string of the molecule is CNC(=O)c1ccccc1Sc1ccc2c(C#Cc3ccc(NC(=O)COCCOCCOCCOCCOCCOC)cc3)n[nH]c2c1. The van der Waals surface area contributed by atoms with Crippen LogP contribution in [0.1, 0.15) is 21.6 Å². The number of fused-ring (bicyclic) bond motifs is 1. The number of nitrogens with zero attached hydrogens (tertiary/aromatic N) is 1. The zero-order chi connectivity index (χ0) is 34.5. The molecule has 2 amide bonds. The Balaban J connectivity index is 1.11. The van der Waals surface area contributed by atoms with Gasteiger partial charge in [0.1, 0.15) is 12.3 Å². The van der Waals surface area contributed by atoms with E-state index in [-0.39, 0.29) is 18.4 Å².